The van der Waals surface area contributed by atoms with Gasteiger partial charge in [-0.3, -0.25) is 14.4 Å². The fraction of sp³-hybridized carbons (Fsp3) is 0.591. The molecule has 156 valence electrons. The summed E-state index contributed by atoms with van der Waals surface area (Å²) in [6.07, 6.45) is 5.19. The number of hydrogen-bond donors (Lipinski definition) is 1. The van der Waals surface area contributed by atoms with E-state index >= 15 is 0 Å². The van der Waals surface area contributed by atoms with Crippen molar-refractivity contribution in [2.75, 3.05) is 36.5 Å². The van der Waals surface area contributed by atoms with Crippen LogP contribution >= 0.6 is 11.8 Å². The molecule has 1 aromatic carbocycles. The van der Waals surface area contributed by atoms with Crippen molar-refractivity contribution in [1.82, 2.24) is 9.80 Å². The van der Waals surface area contributed by atoms with E-state index in [9.17, 15) is 14.4 Å². The Kier molecular flexibility index (Phi) is 6.43. The molecule has 3 fully saturated rings. The van der Waals surface area contributed by atoms with Gasteiger partial charge in [0.1, 0.15) is 0 Å². The molecule has 1 aromatic rings. The van der Waals surface area contributed by atoms with E-state index in [1.807, 2.05) is 45.8 Å². The second-order valence-corrected chi connectivity index (χ2v) is 9.47. The third kappa shape index (κ3) is 4.94. The van der Waals surface area contributed by atoms with Gasteiger partial charge in [0.25, 0.3) is 0 Å². The summed E-state index contributed by atoms with van der Waals surface area (Å²) in [6.45, 7) is 2.20. The van der Waals surface area contributed by atoms with Gasteiger partial charge in [-0.1, -0.05) is 25.0 Å². The van der Waals surface area contributed by atoms with E-state index in [-0.39, 0.29) is 23.6 Å². The van der Waals surface area contributed by atoms with Gasteiger partial charge >= 0.3 is 0 Å². The number of carbonyl (C=O) groups is 3. The first-order chi connectivity index (χ1) is 14.1. The molecule has 0 bridgehead atoms. The Hall–Kier alpha value is -2.02. The van der Waals surface area contributed by atoms with E-state index < -0.39 is 0 Å². The number of likely N-dealkylation sites (tertiary alicyclic amines) is 1. The van der Waals surface area contributed by atoms with Crippen LogP contribution in [0, 0.1) is 5.92 Å². The number of nitrogens with one attached hydrogen (secondary N) is 1. The first kappa shape index (κ1) is 20.3. The van der Waals surface area contributed by atoms with Gasteiger partial charge in [0.05, 0.1) is 12.3 Å². The van der Waals surface area contributed by atoms with Crippen LogP contribution in [0.4, 0.5) is 5.69 Å². The number of amides is 3. The fourth-order valence-corrected chi connectivity index (χ4v) is 5.43. The molecule has 0 aromatic heterocycles. The number of hydrogen-bond acceptors (Lipinski definition) is 4. The molecule has 1 aliphatic carbocycles. The maximum atomic E-state index is 12.6. The second-order valence-electron chi connectivity index (χ2n) is 8.24. The topological polar surface area (TPSA) is 69.7 Å². The van der Waals surface area contributed by atoms with Crippen molar-refractivity contribution in [3.8, 4) is 0 Å². The van der Waals surface area contributed by atoms with Crippen molar-refractivity contribution < 1.29 is 14.4 Å². The van der Waals surface area contributed by atoms with Crippen molar-refractivity contribution in [3.63, 3.8) is 0 Å². The third-order valence-electron chi connectivity index (χ3n) is 6.24. The second kappa shape index (κ2) is 9.20. The maximum absolute atomic E-state index is 12.6. The van der Waals surface area contributed by atoms with Crippen LogP contribution in [-0.4, -0.2) is 64.7 Å². The highest BCUT2D eigenvalue weighted by molar-refractivity contribution is 7.99. The Morgan fingerprint density at radius 1 is 1.07 bits per heavy atom. The molecule has 6 nitrogen and oxygen atoms in total. The van der Waals surface area contributed by atoms with Gasteiger partial charge < -0.3 is 15.1 Å². The molecule has 7 heteroatoms. The van der Waals surface area contributed by atoms with Crippen LogP contribution in [-0.2, 0) is 20.8 Å². The number of benzene rings is 1. The van der Waals surface area contributed by atoms with Crippen molar-refractivity contribution in [3.05, 3.63) is 29.8 Å². The van der Waals surface area contributed by atoms with E-state index in [0.717, 1.165) is 43.0 Å². The van der Waals surface area contributed by atoms with E-state index in [4.69, 9.17) is 0 Å². The highest BCUT2D eigenvalue weighted by atomic mass is 32.2. The average Bonchev–Trinajstić information content (AvgIpc) is 3.39. The summed E-state index contributed by atoms with van der Waals surface area (Å²) in [7, 11) is 0. The number of carbonyl (C=O) groups excluding carboxylic acids is 3. The Bertz CT molecular complexity index is 755. The summed E-state index contributed by atoms with van der Waals surface area (Å²) in [4.78, 5) is 41.2. The standard InChI is InChI=1S/C22H29N3O3S/c26-20(24-9-11-29-12-10-24)13-16-5-7-18(8-6-16)23-22(28)17-14-21(27)25(15-17)19-3-1-2-4-19/h5-8,17,19H,1-4,9-15H2,(H,23,28). The SMILES string of the molecule is O=C(Nc1ccc(CC(=O)N2CCSCC2)cc1)C1CC(=O)N(C2CCCC2)C1. The zero-order chi connectivity index (χ0) is 20.2. The van der Waals surface area contributed by atoms with Crippen LogP contribution in [0.25, 0.3) is 0 Å². The highest BCUT2D eigenvalue weighted by Gasteiger charge is 2.38. The van der Waals surface area contributed by atoms with Crippen LogP contribution in [0.1, 0.15) is 37.7 Å². The van der Waals surface area contributed by atoms with E-state index in [1.54, 1.807) is 0 Å². The van der Waals surface area contributed by atoms with Gasteiger partial charge in [-0.15, -0.1) is 0 Å². The lowest BCUT2D eigenvalue weighted by molar-refractivity contribution is -0.130. The molecule has 4 rings (SSSR count). The quantitative estimate of drug-likeness (QED) is 0.802. The van der Waals surface area contributed by atoms with Gasteiger partial charge in [-0.2, -0.15) is 11.8 Å². The molecule has 3 amide bonds. The van der Waals surface area contributed by atoms with E-state index in [2.05, 4.69) is 5.32 Å². The molecule has 29 heavy (non-hydrogen) atoms. The summed E-state index contributed by atoms with van der Waals surface area (Å²) in [5.41, 5.74) is 1.67. The minimum atomic E-state index is -0.277. The number of rotatable bonds is 5. The molecule has 0 spiro atoms. The van der Waals surface area contributed by atoms with Gasteiger partial charge in [-0.05, 0) is 30.5 Å². The molecule has 2 aliphatic heterocycles. The molecule has 2 saturated heterocycles. The molecule has 1 saturated carbocycles. The lowest BCUT2D eigenvalue weighted by Crippen LogP contribution is -2.38. The highest BCUT2D eigenvalue weighted by Crippen LogP contribution is 2.30. The molecule has 1 unspecified atom stereocenters. The van der Waals surface area contributed by atoms with Gasteiger partial charge in [0.2, 0.25) is 17.7 Å². The predicted octanol–water partition coefficient (Wildman–Crippen LogP) is 2.53. The molecule has 1 atom stereocenters. The van der Waals surface area contributed by atoms with Crippen molar-refractivity contribution in [2.45, 2.75) is 44.6 Å². The first-order valence-electron chi connectivity index (χ1n) is 10.6. The largest absolute Gasteiger partial charge is 0.341 e. The van der Waals surface area contributed by atoms with Gasteiger partial charge in [-0.25, -0.2) is 0 Å². The van der Waals surface area contributed by atoms with E-state index in [1.165, 1.54) is 12.8 Å². The van der Waals surface area contributed by atoms with Crippen LogP contribution in [0.2, 0.25) is 0 Å². The Labute approximate surface area is 176 Å². The minimum Gasteiger partial charge on any atom is -0.341 e. The summed E-state index contributed by atoms with van der Waals surface area (Å²) >= 11 is 1.89. The molecule has 3 aliphatic rings. The lowest BCUT2D eigenvalue weighted by atomic mass is 10.1. The van der Waals surface area contributed by atoms with Crippen molar-refractivity contribution in [2.24, 2.45) is 5.92 Å². The van der Waals surface area contributed by atoms with Crippen LogP contribution in [0.5, 0.6) is 0 Å². The zero-order valence-electron chi connectivity index (χ0n) is 16.8. The molecule has 2 heterocycles. The lowest BCUT2D eigenvalue weighted by Gasteiger charge is -2.26. The number of nitrogens with zero attached hydrogens (tertiary/aromatic N) is 2. The molecular weight excluding hydrogens is 386 g/mol. The van der Waals surface area contributed by atoms with Gasteiger partial charge in [0.15, 0.2) is 0 Å². The maximum Gasteiger partial charge on any atom is 0.229 e. The Morgan fingerprint density at radius 3 is 2.45 bits per heavy atom. The molecule has 1 N–H and O–H groups in total. The normalized spacial score (nSPS) is 22.9. The smallest absolute Gasteiger partial charge is 0.229 e. The fourth-order valence-electron chi connectivity index (χ4n) is 4.53. The van der Waals surface area contributed by atoms with E-state index in [0.29, 0.717) is 31.1 Å². The zero-order valence-corrected chi connectivity index (χ0v) is 17.6. The van der Waals surface area contributed by atoms with Crippen LogP contribution in [0.3, 0.4) is 0 Å². The number of thioether (sulfide) groups is 1. The third-order valence-corrected chi connectivity index (χ3v) is 7.18. The summed E-state index contributed by atoms with van der Waals surface area (Å²) in [5, 5.41) is 2.94. The van der Waals surface area contributed by atoms with Crippen molar-refractivity contribution in [1.29, 1.82) is 0 Å². The average molecular weight is 416 g/mol. The Balaban J connectivity index is 1.28. The van der Waals surface area contributed by atoms with Crippen LogP contribution in [0.15, 0.2) is 24.3 Å². The summed E-state index contributed by atoms with van der Waals surface area (Å²) in [6, 6.07) is 7.82. The predicted molar refractivity (Wildman–Crippen MR) is 115 cm³/mol. The van der Waals surface area contributed by atoms with Crippen molar-refractivity contribution >= 4 is 35.2 Å². The summed E-state index contributed by atoms with van der Waals surface area (Å²) in [5.74, 6) is 1.94. The van der Waals surface area contributed by atoms with Crippen LogP contribution < -0.4 is 5.32 Å². The summed E-state index contributed by atoms with van der Waals surface area (Å²) < 4.78 is 0. The molecular formula is C22H29N3O3S. The first-order valence-corrected chi connectivity index (χ1v) is 11.8. The Morgan fingerprint density at radius 2 is 1.76 bits per heavy atom. The van der Waals surface area contributed by atoms with Gasteiger partial charge in [0, 0.05) is 49.3 Å². The minimum absolute atomic E-state index is 0.0894. The number of anilines is 1. The monoisotopic (exact) mass is 415 g/mol. The molecule has 0 radical (unpaired) electrons.